The summed E-state index contributed by atoms with van der Waals surface area (Å²) in [5, 5.41) is 0. The van der Waals surface area contributed by atoms with E-state index in [2.05, 4.69) is 0 Å². The topological polar surface area (TPSA) is 76.2 Å². The van der Waals surface area contributed by atoms with Crippen LogP contribution in [0.1, 0.15) is 41.0 Å². The van der Waals surface area contributed by atoms with E-state index in [0.29, 0.717) is 0 Å². The molecule has 0 radical (unpaired) electrons. The van der Waals surface area contributed by atoms with Gasteiger partial charge >= 0.3 is 12.1 Å². The third-order valence-corrected chi connectivity index (χ3v) is 3.25. The first-order valence-corrected chi connectivity index (χ1v) is 7.68. The van der Waals surface area contributed by atoms with E-state index >= 15 is 0 Å². The number of rotatable bonds is 6. The summed E-state index contributed by atoms with van der Waals surface area (Å²) < 4.78 is 9.97. The van der Waals surface area contributed by atoms with E-state index in [9.17, 15) is 14.4 Å². The van der Waals surface area contributed by atoms with Gasteiger partial charge in [-0.25, -0.2) is 9.59 Å². The first-order valence-electron chi connectivity index (χ1n) is 7.68. The summed E-state index contributed by atoms with van der Waals surface area (Å²) in [6.07, 6.45) is -0.381. The molecule has 0 N–H and O–H groups in total. The van der Waals surface area contributed by atoms with Crippen LogP contribution in [0, 0.1) is 5.92 Å². The molecule has 134 valence electrons. The SMILES string of the molecule is COC(=O)[C@H](C(C)C)N(C)C(=O)CCN(C)C(=O)OC(C)(C)C. The van der Waals surface area contributed by atoms with Gasteiger partial charge < -0.3 is 19.3 Å². The Bertz CT molecular complexity index is 429. The van der Waals surface area contributed by atoms with Crippen molar-refractivity contribution in [3.8, 4) is 0 Å². The molecule has 0 spiro atoms. The zero-order valence-corrected chi connectivity index (χ0v) is 15.5. The Hall–Kier alpha value is -1.79. The summed E-state index contributed by atoms with van der Waals surface area (Å²) in [6, 6.07) is -0.640. The third-order valence-electron chi connectivity index (χ3n) is 3.25. The summed E-state index contributed by atoms with van der Waals surface area (Å²) in [6.45, 7) is 9.24. The number of carbonyl (C=O) groups excluding carboxylic acids is 3. The number of amides is 2. The molecule has 2 amide bonds. The van der Waals surface area contributed by atoms with Crippen LogP contribution >= 0.6 is 0 Å². The molecular weight excluding hydrogens is 300 g/mol. The minimum atomic E-state index is -0.640. The summed E-state index contributed by atoms with van der Waals surface area (Å²) in [4.78, 5) is 38.6. The van der Waals surface area contributed by atoms with E-state index in [-0.39, 0.29) is 24.8 Å². The first kappa shape index (κ1) is 21.2. The monoisotopic (exact) mass is 330 g/mol. The average molecular weight is 330 g/mol. The summed E-state index contributed by atoms with van der Waals surface area (Å²) in [5.74, 6) is -0.749. The minimum Gasteiger partial charge on any atom is -0.467 e. The predicted molar refractivity (Wildman–Crippen MR) is 86.9 cm³/mol. The molecule has 0 aliphatic carbocycles. The predicted octanol–water partition coefficient (Wildman–Crippen LogP) is 1.90. The molecule has 0 fully saturated rings. The maximum absolute atomic E-state index is 12.3. The number of carbonyl (C=O) groups is 3. The molecule has 0 bridgehead atoms. The van der Waals surface area contributed by atoms with Crippen molar-refractivity contribution in [3.05, 3.63) is 0 Å². The Kier molecular flexibility index (Phi) is 8.06. The van der Waals surface area contributed by atoms with Crippen molar-refractivity contribution in [1.82, 2.24) is 9.80 Å². The average Bonchev–Trinajstić information content (AvgIpc) is 2.41. The van der Waals surface area contributed by atoms with E-state index in [4.69, 9.17) is 9.47 Å². The highest BCUT2D eigenvalue weighted by molar-refractivity contribution is 5.84. The largest absolute Gasteiger partial charge is 0.467 e. The van der Waals surface area contributed by atoms with Crippen LogP contribution in [0.15, 0.2) is 0 Å². The maximum Gasteiger partial charge on any atom is 0.410 e. The van der Waals surface area contributed by atoms with Crippen LogP contribution in [0.4, 0.5) is 4.79 Å². The normalized spacial score (nSPS) is 12.6. The highest BCUT2D eigenvalue weighted by atomic mass is 16.6. The van der Waals surface area contributed by atoms with E-state index < -0.39 is 23.7 Å². The zero-order chi connectivity index (χ0) is 18.4. The van der Waals surface area contributed by atoms with Crippen LogP contribution in [-0.4, -0.2) is 67.2 Å². The second-order valence-corrected chi connectivity index (χ2v) is 6.87. The molecule has 0 aliphatic heterocycles. The van der Waals surface area contributed by atoms with Crippen LogP contribution in [0.5, 0.6) is 0 Å². The highest BCUT2D eigenvalue weighted by Crippen LogP contribution is 2.13. The molecule has 1 atom stereocenters. The Labute approximate surface area is 138 Å². The molecule has 23 heavy (non-hydrogen) atoms. The fraction of sp³-hybridized carbons (Fsp3) is 0.812. The molecule has 0 rings (SSSR count). The Morgan fingerprint density at radius 2 is 1.61 bits per heavy atom. The molecule has 7 heteroatoms. The van der Waals surface area contributed by atoms with Crippen molar-refractivity contribution in [2.75, 3.05) is 27.7 Å². The number of nitrogens with zero attached hydrogens (tertiary/aromatic N) is 2. The quantitative estimate of drug-likeness (QED) is 0.695. The van der Waals surface area contributed by atoms with E-state index in [1.807, 2.05) is 13.8 Å². The van der Waals surface area contributed by atoms with Gasteiger partial charge in [0.2, 0.25) is 5.91 Å². The van der Waals surface area contributed by atoms with Crippen LogP contribution in [0.25, 0.3) is 0 Å². The van der Waals surface area contributed by atoms with Gasteiger partial charge in [-0.15, -0.1) is 0 Å². The number of ether oxygens (including phenoxy) is 2. The smallest absolute Gasteiger partial charge is 0.410 e. The number of hydrogen-bond donors (Lipinski definition) is 0. The summed E-state index contributed by atoms with van der Waals surface area (Å²) in [5.41, 5.74) is -0.584. The summed E-state index contributed by atoms with van der Waals surface area (Å²) in [7, 11) is 4.44. The Morgan fingerprint density at radius 3 is 2.00 bits per heavy atom. The number of esters is 1. The minimum absolute atomic E-state index is 0.0695. The lowest BCUT2D eigenvalue weighted by atomic mass is 10.0. The number of likely N-dealkylation sites (N-methyl/N-ethyl adjacent to an activating group) is 1. The lowest BCUT2D eigenvalue weighted by Gasteiger charge is -2.30. The maximum atomic E-state index is 12.3. The molecular formula is C16H30N2O5. The van der Waals surface area contributed by atoms with Gasteiger partial charge in [0, 0.05) is 27.1 Å². The van der Waals surface area contributed by atoms with Gasteiger partial charge in [0.05, 0.1) is 7.11 Å². The standard InChI is InChI=1S/C16H30N2O5/c1-11(2)13(14(20)22-8)18(7)12(19)9-10-17(6)15(21)23-16(3,4)5/h11,13H,9-10H2,1-8H3/t13-/m0/s1. The van der Waals surface area contributed by atoms with Crippen molar-refractivity contribution in [2.24, 2.45) is 5.92 Å². The van der Waals surface area contributed by atoms with Gasteiger partial charge in [0.25, 0.3) is 0 Å². The molecule has 7 nitrogen and oxygen atoms in total. The second-order valence-electron chi connectivity index (χ2n) is 6.87. The van der Waals surface area contributed by atoms with Crippen LogP contribution in [-0.2, 0) is 19.1 Å². The molecule has 0 aromatic carbocycles. The zero-order valence-electron chi connectivity index (χ0n) is 15.5. The number of hydrogen-bond acceptors (Lipinski definition) is 5. The van der Waals surface area contributed by atoms with E-state index in [1.165, 1.54) is 16.9 Å². The van der Waals surface area contributed by atoms with Crippen molar-refractivity contribution in [1.29, 1.82) is 0 Å². The van der Waals surface area contributed by atoms with Gasteiger partial charge in [0.1, 0.15) is 11.6 Å². The van der Waals surface area contributed by atoms with Gasteiger partial charge in [-0.05, 0) is 26.7 Å². The van der Waals surface area contributed by atoms with Crippen molar-refractivity contribution >= 4 is 18.0 Å². The fourth-order valence-corrected chi connectivity index (χ4v) is 2.02. The molecule has 0 aromatic heterocycles. The van der Waals surface area contributed by atoms with Crippen molar-refractivity contribution in [2.45, 2.75) is 52.7 Å². The van der Waals surface area contributed by atoms with E-state index in [1.54, 1.807) is 34.9 Å². The van der Waals surface area contributed by atoms with Crippen LogP contribution < -0.4 is 0 Å². The van der Waals surface area contributed by atoms with Crippen molar-refractivity contribution in [3.63, 3.8) is 0 Å². The third kappa shape index (κ3) is 7.34. The van der Waals surface area contributed by atoms with Gasteiger partial charge in [-0.1, -0.05) is 13.8 Å². The molecule has 0 saturated carbocycles. The van der Waals surface area contributed by atoms with Crippen LogP contribution in [0.3, 0.4) is 0 Å². The molecule has 0 saturated heterocycles. The van der Waals surface area contributed by atoms with Gasteiger partial charge in [-0.2, -0.15) is 0 Å². The van der Waals surface area contributed by atoms with Gasteiger partial charge in [0.15, 0.2) is 0 Å². The molecule has 0 aromatic rings. The highest BCUT2D eigenvalue weighted by Gasteiger charge is 2.30. The van der Waals surface area contributed by atoms with Gasteiger partial charge in [-0.3, -0.25) is 4.79 Å². The second kappa shape index (κ2) is 8.74. The Balaban J connectivity index is 4.63. The first-order chi connectivity index (χ1) is 10.4. The molecule has 0 heterocycles. The Morgan fingerprint density at radius 1 is 1.09 bits per heavy atom. The lowest BCUT2D eigenvalue weighted by Crippen LogP contribution is -2.47. The van der Waals surface area contributed by atoms with E-state index in [0.717, 1.165) is 0 Å². The molecule has 0 unspecified atom stereocenters. The van der Waals surface area contributed by atoms with Crippen molar-refractivity contribution < 1.29 is 23.9 Å². The summed E-state index contributed by atoms with van der Waals surface area (Å²) >= 11 is 0. The number of methoxy groups -OCH3 is 1. The van der Waals surface area contributed by atoms with Crippen LogP contribution in [0.2, 0.25) is 0 Å². The fourth-order valence-electron chi connectivity index (χ4n) is 2.02. The lowest BCUT2D eigenvalue weighted by molar-refractivity contribution is -0.153. The molecule has 0 aliphatic rings.